The maximum atomic E-state index is 12.3. The van der Waals surface area contributed by atoms with Crippen molar-refractivity contribution in [1.29, 1.82) is 0 Å². The van der Waals surface area contributed by atoms with Crippen molar-refractivity contribution in [2.24, 2.45) is 0 Å². The van der Waals surface area contributed by atoms with Gasteiger partial charge in [0.1, 0.15) is 4.90 Å². The summed E-state index contributed by atoms with van der Waals surface area (Å²) in [7, 11) is -7.19. The van der Waals surface area contributed by atoms with Crippen LogP contribution in [0.15, 0.2) is 17.0 Å². The van der Waals surface area contributed by atoms with Crippen LogP contribution in [0.3, 0.4) is 0 Å². The van der Waals surface area contributed by atoms with Crippen LogP contribution >= 0.6 is 23.2 Å². The lowest BCUT2D eigenvalue weighted by Crippen LogP contribution is -2.35. The Labute approximate surface area is 133 Å². The van der Waals surface area contributed by atoms with Crippen LogP contribution in [-0.4, -0.2) is 39.5 Å². The topological polar surface area (TPSA) is 101 Å². The Morgan fingerprint density at radius 3 is 2.48 bits per heavy atom. The van der Waals surface area contributed by atoms with E-state index in [1.54, 1.807) is 0 Å². The quantitative estimate of drug-likeness (QED) is 0.817. The third-order valence-electron chi connectivity index (χ3n) is 3.12. The molecule has 1 fully saturated rings. The number of aliphatic hydroxyl groups is 1. The van der Waals surface area contributed by atoms with Gasteiger partial charge in [-0.1, -0.05) is 23.2 Å². The predicted molar refractivity (Wildman–Crippen MR) is 79.8 cm³/mol. The van der Waals surface area contributed by atoms with Crippen molar-refractivity contribution in [3.8, 4) is 0 Å². The number of nitrogens with one attached hydrogen (secondary N) is 1. The first-order chi connectivity index (χ1) is 9.64. The third kappa shape index (κ3) is 3.88. The standard InChI is InChI=1S/C11H13Cl2NO5S2/c12-9-4-10(13)11(3-7(9)5-15)21(18,19)14-8-1-2-20(16,17)6-8/h3-4,8,14-15H,1-2,5-6H2. The molecule has 0 spiro atoms. The highest BCUT2D eigenvalue weighted by molar-refractivity contribution is 7.92. The van der Waals surface area contributed by atoms with E-state index < -0.39 is 32.5 Å². The van der Waals surface area contributed by atoms with Gasteiger partial charge in [0.2, 0.25) is 10.0 Å². The Kier molecular flexibility index (Phi) is 4.87. The number of sulfone groups is 1. The summed E-state index contributed by atoms with van der Waals surface area (Å²) in [5.74, 6) is -0.277. The molecule has 6 nitrogen and oxygen atoms in total. The van der Waals surface area contributed by atoms with Gasteiger partial charge in [-0.15, -0.1) is 0 Å². The number of halogens is 2. The number of hydrogen-bond donors (Lipinski definition) is 2. The molecule has 0 aliphatic carbocycles. The lowest BCUT2D eigenvalue weighted by molar-refractivity contribution is 0.281. The van der Waals surface area contributed by atoms with Crippen LogP contribution in [0.5, 0.6) is 0 Å². The third-order valence-corrected chi connectivity index (χ3v) is 7.22. The van der Waals surface area contributed by atoms with Gasteiger partial charge in [0.15, 0.2) is 9.84 Å². The second kappa shape index (κ2) is 6.02. The van der Waals surface area contributed by atoms with Crippen molar-refractivity contribution in [2.75, 3.05) is 11.5 Å². The van der Waals surface area contributed by atoms with Crippen LogP contribution in [0.25, 0.3) is 0 Å². The minimum atomic E-state index is -3.99. The molecule has 1 unspecified atom stereocenters. The molecule has 0 radical (unpaired) electrons. The summed E-state index contributed by atoms with van der Waals surface area (Å²) in [6.07, 6.45) is 0.222. The zero-order chi connectivity index (χ0) is 15.8. The summed E-state index contributed by atoms with van der Waals surface area (Å²) in [5.41, 5.74) is 0.223. The SMILES string of the molecule is O=S1(=O)CCC(NS(=O)(=O)c2cc(CO)c(Cl)cc2Cl)C1. The number of benzene rings is 1. The van der Waals surface area contributed by atoms with Crippen LogP contribution in [0.4, 0.5) is 0 Å². The minimum Gasteiger partial charge on any atom is -0.392 e. The van der Waals surface area contributed by atoms with Crippen LogP contribution in [0.1, 0.15) is 12.0 Å². The maximum absolute atomic E-state index is 12.3. The molecule has 0 aromatic heterocycles. The fraction of sp³-hybridized carbons (Fsp3) is 0.455. The van der Waals surface area contributed by atoms with Gasteiger partial charge < -0.3 is 5.11 Å². The fourth-order valence-corrected chi connectivity index (χ4v) is 5.98. The monoisotopic (exact) mass is 373 g/mol. The molecule has 21 heavy (non-hydrogen) atoms. The van der Waals surface area contributed by atoms with Gasteiger partial charge in [-0.2, -0.15) is 0 Å². The Morgan fingerprint density at radius 2 is 1.95 bits per heavy atom. The van der Waals surface area contributed by atoms with Gasteiger partial charge in [-0.05, 0) is 24.1 Å². The average Bonchev–Trinajstić information content (AvgIpc) is 2.67. The molecule has 1 aliphatic heterocycles. The molecule has 118 valence electrons. The van der Waals surface area contributed by atoms with Crippen LogP contribution in [0, 0.1) is 0 Å². The molecule has 1 heterocycles. The van der Waals surface area contributed by atoms with E-state index in [9.17, 15) is 16.8 Å². The number of sulfonamides is 1. The first-order valence-corrected chi connectivity index (χ1v) is 10.0. The predicted octanol–water partition coefficient (Wildman–Crippen LogP) is 0.951. The zero-order valence-electron chi connectivity index (χ0n) is 10.7. The van der Waals surface area contributed by atoms with Crippen molar-refractivity contribution in [1.82, 2.24) is 4.72 Å². The van der Waals surface area contributed by atoms with Gasteiger partial charge in [0.25, 0.3) is 0 Å². The number of aliphatic hydroxyl groups excluding tert-OH is 1. The second-order valence-corrected chi connectivity index (χ2v) is 9.48. The van der Waals surface area contributed by atoms with Gasteiger partial charge in [0, 0.05) is 11.1 Å². The Morgan fingerprint density at radius 1 is 1.29 bits per heavy atom. The summed E-state index contributed by atoms with van der Waals surface area (Å²) in [4.78, 5) is -0.234. The summed E-state index contributed by atoms with van der Waals surface area (Å²) in [6.45, 7) is -0.434. The van der Waals surface area contributed by atoms with E-state index in [0.717, 1.165) is 0 Å². The highest BCUT2D eigenvalue weighted by Gasteiger charge is 2.32. The van der Waals surface area contributed by atoms with Crippen molar-refractivity contribution in [3.63, 3.8) is 0 Å². The van der Waals surface area contributed by atoms with Crippen molar-refractivity contribution in [2.45, 2.75) is 24.0 Å². The molecular weight excluding hydrogens is 361 g/mol. The molecule has 0 saturated carbocycles. The van der Waals surface area contributed by atoms with E-state index in [0.29, 0.717) is 0 Å². The second-order valence-electron chi connectivity index (χ2n) is 4.75. The Hall–Kier alpha value is -0.380. The lowest BCUT2D eigenvalue weighted by atomic mass is 10.2. The highest BCUT2D eigenvalue weighted by atomic mass is 35.5. The van der Waals surface area contributed by atoms with E-state index in [2.05, 4.69) is 4.72 Å². The maximum Gasteiger partial charge on any atom is 0.242 e. The van der Waals surface area contributed by atoms with E-state index in [1.165, 1.54) is 12.1 Å². The minimum absolute atomic E-state index is 0.0452. The number of rotatable bonds is 4. The highest BCUT2D eigenvalue weighted by Crippen LogP contribution is 2.29. The van der Waals surface area contributed by atoms with E-state index >= 15 is 0 Å². The molecule has 1 atom stereocenters. The smallest absolute Gasteiger partial charge is 0.242 e. The van der Waals surface area contributed by atoms with E-state index in [-0.39, 0.29) is 38.4 Å². The largest absolute Gasteiger partial charge is 0.392 e. The summed E-state index contributed by atoms with van der Waals surface area (Å²) < 4.78 is 49.6. The van der Waals surface area contributed by atoms with Crippen molar-refractivity contribution >= 4 is 43.1 Å². The summed E-state index contributed by atoms with van der Waals surface area (Å²) in [6, 6.07) is 1.73. The van der Waals surface area contributed by atoms with Crippen LogP contribution < -0.4 is 4.72 Å². The van der Waals surface area contributed by atoms with Gasteiger partial charge in [0.05, 0.1) is 23.1 Å². The summed E-state index contributed by atoms with van der Waals surface area (Å²) in [5, 5.41) is 9.20. The molecule has 2 rings (SSSR count). The Bertz CT molecular complexity index is 761. The molecule has 1 saturated heterocycles. The van der Waals surface area contributed by atoms with E-state index in [4.69, 9.17) is 28.3 Å². The van der Waals surface area contributed by atoms with E-state index in [1.807, 2.05) is 0 Å². The van der Waals surface area contributed by atoms with Gasteiger partial charge >= 0.3 is 0 Å². The van der Waals surface area contributed by atoms with Crippen LogP contribution in [0.2, 0.25) is 10.0 Å². The fourth-order valence-electron chi connectivity index (χ4n) is 2.07. The zero-order valence-corrected chi connectivity index (χ0v) is 13.9. The lowest BCUT2D eigenvalue weighted by Gasteiger charge is -2.14. The normalized spacial score (nSPS) is 21.6. The van der Waals surface area contributed by atoms with Gasteiger partial charge in [-0.3, -0.25) is 0 Å². The molecule has 1 aliphatic rings. The summed E-state index contributed by atoms with van der Waals surface area (Å²) >= 11 is 11.7. The first kappa shape index (κ1) is 17.0. The van der Waals surface area contributed by atoms with Gasteiger partial charge in [-0.25, -0.2) is 21.6 Å². The van der Waals surface area contributed by atoms with Crippen molar-refractivity contribution < 1.29 is 21.9 Å². The molecular formula is C11H13Cl2NO5S2. The number of hydrogen-bond acceptors (Lipinski definition) is 5. The molecule has 2 N–H and O–H groups in total. The molecule has 0 amide bonds. The Balaban J connectivity index is 2.32. The van der Waals surface area contributed by atoms with Crippen LogP contribution in [-0.2, 0) is 26.5 Å². The van der Waals surface area contributed by atoms with Crippen molar-refractivity contribution in [3.05, 3.63) is 27.7 Å². The molecule has 10 heteroatoms. The molecule has 1 aromatic rings. The average molecular weight is 374 g/mol. The first-order valence-electron chi connectivity index (χ1n) is 5.96. The molecule has 0 bridgehead atoms. The molecule has 1 aromatic carbocycles.